The van der Waals surface area contributed by atoms with Gasteiger partial charge in [-0.2, -0.15) is 0 Å². The van der Waals surface area contributed by atoms with Crippen molar-refractivity contribution in [3.05, 3.63) is 53.3 Å². The Morgan fingerprint density at radius 2 is 1.89 bits per heavy atom. The average Bonchev–Trinajstić information content (AvgIpc) is 2.39. The van der Waals surface area contributed by atoms with Crippen molar-refractivity contribution in [3.63, 3.8) is 0 Å². The molecule has 0 heterocycles. The highest BCUT2D eigenvalue weighted by molar-refractivity contribution is 5.94. The molecule has 2 aromatic rings. The van der Waals surface area contributed by atoms with Crippen LogP contribution in [0.4, 0.5) is 4.39 Å². The lowest BCUT2D eigenvalue weighted by molar-refractivity contribution is 0.100. The summed E-state index contributed by atoms with van der Waals surface area (Å²) in [7, 11) is 1.52. The highest BCUT2D eigenvalue weighted by atomic mass is 19.1. The molecule has 98 valence electrons. The summed E-state index contributed by atoms with van der Waals surface area (Å²) in [6.45, 7) is 1.88. The summed E-state index contributed by atoms with van der Waals surface area (Å²) in [4.78, 5) is 11.2. The van der Waals surface area contributed by atoms with Gasteiger partial charge in [-0.15, -0.1) is 0 Å². The first-order valence-electron chi connectivity index (χ1n) is 5.77. The fourth-order valence-electron chi connectivity index (χ4n) is 1.96. The molecule has 1 amide bonds. The maximum atomic E-state index is 13.4. The van der Waals surface area contributed by atoms with Gasteiger partial charge in [-0.05, 0) is 48.4 Å². The van der Waals surface area contributed by atoms with E-state index in [9.17, 15) is 9.18 Å². The van der Waals surface area contributed by atoms with Crippen LogP contribution in [0, 0.1) is 12.7 Å². The number of amides is 1. The Morgan fingerprint density at radius 3 is 2.53 bits per heavy atom. The van der Waals surface area contributed by atoms with E-state index in [4.69, 9.17) is 10.5 Å². The van der Waals surface area contributed by atoms with Crippen LogP contribution >= 0.6 is 0 Å². The van der Waals surface area contributed by atoms with Gasteiger partial charge in [-0.25, -0.2) is 4.39 Å². The smallest absolute Gasteiger partial charge is 0.248 e. The van der Waals surface area contributed by atoms with Gasteiger partial charge in [-0.3, -0.25) is 4.79 Å². The number of aryl methyl sites for hydroxylation is 1. The first-order valence-corrected chi connectivity index (χ1v) is 5.77. The van der Waals surface area contributed by atoms with Gasteiger partial charge >= 0.3 is 0 Å². The summed E-state index contributed by atoms with van der Waals surface area (Å²) in [5.41, 5.74) is 7.89. The van der Waals surface area contributed by atoms with E-state index in [1.807, 2.05) is 6.92 Å². The van der Waals surface area contributed by atoms with Gasteiger partial charge in [0.05, 0.1) is 7.11 Å². The van der Waals surface area contributed by atoms with Crippen molar-refractivity contribution in [2.75, 3.05) is 7.11 Å². The topological polar surface area (TPSA) is 52.3 Å². The number of hydrogen-bond acceptors (Lipinski definition) is 2. The molecule has 0 saturated carbocycles. The number of rotatable bonds is 3. The van der Waals surface area contributed by atoms with Crippen LogP contribution in [-0.2, 0) is 0 Å². The minimum atomic E-state index is -0.517. The van der Waals surface area contributed by atoms with Gasteiger partial charge < -0.3 is 10.5 Å². The lowest BCUT2D eigenvalue weighted by atomic mass is 9.97. The number of primary amides is 1. The van der Waals surface area contributed by atoms with E-state index >= 15 is 0 Å². The first-order chi connectivity index (χ1) is 9.02. The second-order valence-electron chi connectivity index (χ2n) is 4.24. The van der Waals surface area contributed by atoms with E-state index in [0.29, 0.717) is 16.9 Å². The lowest BCUT2D eigenvalue weighted by Crippen LogP contribution is -2.11. The molecular weight excluding hydrogens is 245 g/mol. The summed E-state index contributed by atoms with van der Waals surface area (Å²) in [5.74, 6) is -0.331. The van der Waals surface area contributed by atoms with Crippen molar-refractivity contribution in [2.24, 2.45) is 5.73 Å². The third-order valence-electron chi connectivity index (χ3n) is 2.97. The Hall–Kier alpha value is -2.36. The number of benzene rings is 2. The van der Waals surface area contributed by atoms with E-state index in [1.165, 1.54) is 19.2 Å². The van der Waals surface area contributed by atoms with E-state index in [1.54, 1.807) is 24.3 Å². The van der Waals surface area contributed by atoms with Crippen molar-refractivity contribution in [3.8, 4) is 16.9 Å². The Balaban J connectivity index is 2.67. The van der Waals surface area contributed by atoms with Gasteiger partial charge in [0, 0.05) is 11.1 Å². The summed E-state index contributed by atoms with van der Waals surface area (Å²) in [6.07, 6.45) is 0. The Kier molecular flexibility index (Phi) is 3.51. The Morgan fingerprint density at radius 1 is 1.16 bits per heavy atom. The molecule has 0 aliphatic carbocycles. The SMILES string of the molecule is COc1ccc(F)cc1-c1cc(C(N)=O)ccc1C. The van der Waals surface area contributed by atoms with Crippen molar-refractivity contribution in [1.82, 2.24) is 0 Å². The molecule has 0 radical (unpaired) electrons. The monoisotopic (exact) mass is 259 g/mol. The van der Waals surface area contributed by atoms with E-state index < -0.39 is 5.91 Å². The van der Waals surface area contributed by atoms with Gasteiger partial charge in [0.1, 0.15) is 11.6 Å². The second kappa shape index (κ2) is 5.10. The van der Waals surface area contributed by atoms with Gasteiger partial charge in [-0.1, -0.05) is 6.07 Å². The number of ether oxygens (including phenoxy) is 1. The quantitative estimate of drug-likeness (QED) is 0.921. The van der Waals surface area contributed by atoms with E-state index in [-0.39, 0.29) is 5.82 Å². The molecule has 0 aromatic heterocycles. The summed E-state index contributed by atoms with van der Waals surface area (Å²) in [6, 6.07) is 9.34. The summed E-state index contributed by atoms with van der Waals surface area (Å²) in [5, 5.41) is 0. The number of hydrogen-bond donors (Lipinski definition) is 1. The zero-order valence-electron chi connectivity index (χ0n) is 10.7. The fourth-order valence-corrected chi connectivity index (χ4v) is 1.96. The van der Waals surface area contributed by atoms with Crippen molar-refractivity contribution in [1.29, 1.82) is 0 Å². The maximum Gasteiger partial charge on any atom is 0.248 e. The molecule has 4 heteroatoms. The summed E-state index contributed by atoms with van der Waals surface area (Å²) < 4.78 is 18.6. The Bertz CT molecular complexity index is 638. The molecule has 3 nitrogen and oxygen atoms in total. The minimum Gasteiger partial charge on any atom is -0.496 e. The molecule has 2 rings (SSSR count). The molecular formula is C15H14FNO2. The van der Waals surface area contributed by atoms with Crippen LogP contribution in [0.1, 0.15) is 15.9 Å². The number of nitrogens with two attached hydrogens (primary N) is 1. The predicted octanol–water partition coefficient (Wildman–Crippen LogP) is 2.91. The average molecular weight is 259 g/mol. The Labute approximate surface area is 110 Å². The molecule has 0 atom stereocenters. The minimum absolute atomic E-state index is 0.361. The van der Waals surface area contributed by atoms with Crippen molar-refractivity contribution >= 4 is 5.91 Å². The fraction of sp³-hybridized carbons (Fsp3) is 0.133. The highest BCUT2D eigenvalue weighted by Crippen LogP contribution is 2.33. The molecule has 0 unspecified atom stereocenters. The van der Waals surface area contributed by atoms with Crippen LogP contribution in [0.5, 0.6) is 5.75 Å². The molecule has 0 aliphatic heterocycles. The molecule has 0 fully saturated rings. The van der Waals surface area contributed by atoms with E-state index in [2.05, 4.69) is 0 Å². The summed E-state index contributed by atoms with van der Waals surface area (Å²) >= 11 is 0. The lowest BCUT2D eigenvalue weighted by Gasteiger charge is -2.12. The number of carbonyl (C=O) groups excluding carboxylic acids is 1. The molecule has 0 spiro atoms. The van der Waals surface area contributed by atoms with Gasteiger partial charge in [0.2, 0.25) is 5.91 Å². The largest absolute Gasteiger partial charge is 0.496 e. The molecule has 0 bridgehead atoms. The molecule has 19 heavy (non-hydrogen) atoms. The van der Waals surface area contributed by atoms with Crippen LogP contribution in [0.25, 0.3) is 11.1 Å². The predicted molar refractivity (Wildman–Crippen MR) is 71.6 cm³/mol. The zero-order chi connectivity index (χ0) is 14.0. The van der Waals surface area contributed by atoms with Crippen LogP contribution in [0.2, 0.25) is 0 Å². The van der Waals surface area contributed by atoms with Crippen LogP contribution in [-0.4, -0.2) is 13.0 Å². The zero-order valence-corrected chi connectivity index (χ0v) is 10.7. The van der Waals surface area contributed by atoms with Crippen molar-refractivity contribution < 1.29 is 13.9 Å². The molecule has 2 N–H and O–H groups in total. The second-order valence-corrected chi connectivity index (χ2v) is 4.24. The standard InChI is InChI=1S/C15H14FNO2/c1-9-3-4-10(15(17)18)7-12(9)13-8-11(16)5-6-14(13)19-2/h3-8H,1-2H3,(H2,17,18). The number of carbonyl (C=O) groups is 1. The third-order valence-corrected chi connectivity index (χ3v) is 2.97. The van der Waals surface area contributed by atoms with Crippen LogP contribution in [0.15, 0.2) is 36.4 Å². The molecule has 0 saturated heterocycles. The first kappa shape index (κ1) is 13.1. The molecule has 0 aliphatic rings. The van der Waals surface area contributed by atoms with E-state index in [0.717, 1.165) is 11.1 Å². The number of methoxy groups -OCH3 is 1. The molecule has 2 aromatic carbocycles. The van der Waals surface area contributed by atoms with Crippen molar-refractivity contribution in [2.45, 2.75) is 6.92 Å². The van der Waals surface area contributed by atoms with Crippen LogP contribution < -0.4 is 10.5 Å². The number of halogens is 1. The van der Waals surface area contributed by atoms with Gasteiger partial charge in [0.15, 0.2) is 0 Å². The van der Waals surface area contributed by atoms with Gasteiger partial charge in [0.25, 0.3) is 0 Å². The normalized spacial score (nSPS) is 10.3. The maximum absolute atomic E-state index is 13.4. The van der Waals surface area contributed by atoms with Crippen LogP contribution in [0.3, 0.4) is 0 Å². The highest BCUT2D eigenvalue weighted by Gasteiger charge is 2.12. The third kappa shape index (κ3) is 2.57.